The minimum absolute atomic E-state index is 0.324. The Morgan fingerprint density at radius 1 is 1.18 bits per heavy atom. The van der Waals surface area contributed by atoms with Crippen molar-refractivity contribution in [3.05, 3.63) is 23.3 Å². The number of aliphatic hydroxyl groups is 1. The standard InChI is InChI=1S/C16H26O/c1-11-6-7-14(15(11,3)4)13-8-9-16(5,17)12(2)10-13/h6,10,13-14,17H,7-9H2,1-5H3. The number of hydrogen-bond acceptors (Lipinski definition) is 1. The zero-order valence-electron chi connectivity index (χ0n) is 11.9. The highest BCUT2D eigenvalue weighted by Gasteiger charge is 2.41. The van der Waals surface area contributed by atoms with Gasteiger partial charge >= 0.3 is 0 Å². The summed E-state index contributed by atoms with van der Waals surface area (Å²) in [5.74, 6) is 1.35. The van der Waals surface area contributed by atoms with E-state index in [9.17, 15) is 5.11 Å². The van der Waals surface area contributed by atoms with Gasteiger partial charge in [-0.25, -0.2) is 0 Å². The van der Waals surface area contributed by atoms with Crippen LogP contribution in [0.25, 0.3) is 0 Å². The number of rotatable bonds is 1. The molecule has 0 spiro atoms. The lowest BCUT2D eigenvalue weighted by atomic mass is 9.66. The van der Waals surface area contributed by atoms with Crippen molar-refractivity contribution in [3.63, 3.8) is 0 Å². The third-order valence-corrected chi connectivity index (χ3v) is 5.42. The second-order valence-corrected chi connectivity index (χ2v) is 6.78. The van der Waals surface area contributed by atoms with E-state index >= 15 is 0 Å². The Balaban J connectivity index is 2.20. The molecule has 0 aromatic rings. The molecule has 0 aliphatic heterocycles. The van der Waals surface area contributed by atoms with Crippen molar-refractivity contribution >= 4 is 0 Å². The van der Waals surface area contributed by atoms with Gasteiger partial charge in [-0.3, -0.25) is 0 Å². The molecule has 0 saturated carbocycles. The van der Waals surface area contributed by atoms with Gasteiger partial charge < -0.3 is 5.11 Å². The quantitative estimate of drug-likeness (QED) is 0.678. The van der Waals surface area contributed by atoms with E-state index in [2.05, 4.69) is 39.8 Å². The van der Waals surface area contributed by atoms with Crippen molar-refractivity contribution in [2.75, 3.05) is 0 Å². The molecule has 0 amide bonds. The van der Waals surface area contributed by atoms with Crippen LogP contribution in [0.2, 0.25) is 0 Å². The molecule has 96 valence electrons. The highest BCUT2D eigenvalue weighted by atomic mass is 16.3. The molecule has 2 aliphatic rings. The van der Waals surface area contributed by atoms with E-state index in [1.165, 1.54) is 12.0 Å². The zero-order chi connectivity index (χ0) is 12.8. The fourth-order valence-electron chi connectivity index (χ4n) is 3.41. The molecule has 2 rings (SSSR count). The molecule has 0 aromatic carbocycles. The first kappa shape index (κ1) is 12.9. The first-order chi connectivity index (χ1) is 7.75. The lowest BCUT2D eigenvalue weighted by Crippen LogP contribution is -2.35. The third kappa shape index (κ3) is 2.10. The van der Waals surface area contributed by atoms with Crippen LogP contribution in [0.5, 0.6) is 0 Å². The predicted molar refractivity (Wildman–Crippen MR) is 72.7 cm³/mol. The molecule has 1 heteroatoms. The van der Waals surface area contributed by atoms with Crippen LogP contribution >= 0.6 is 0 Å². The van der Waals surface area contributed by atoms with E-state index in [1.807, 2.05) is 6.92 Å². The Kier molecular flexibility index (Phi) is 3.02. The average molecular weight is 234 g/mol. The van der Waals surface area contributed by atoms with Gasteiger partial charge in [-0.05, 0) is 62.9 Å². The fourth-order valence-corrected chi connectivity index (χ4v) is 3.41. The van der Waals surface area contributed by atoms with E-state index in [0.29, 0.717) is 17.3 Å². The molecular formula is C16H26O. The van der Waals surface area contributed by atoms with Crippen molar-refractivity contribution in [3.8, 4) is 0 Å². The third-order valence-electron chi connectivity index (χ3n) is 5.42. The van der Waals surface area contributed by atoms with Crippen LogP contribution in [-0.4, -0.2) is 10.7 Å². The predicted octanol–water partition coefficient (Wildman–Crippen LogP) is 4.09. The summed E-state index contributed by atoms with van der Waals surface area (Å²) in [5, 5.41) is 10.2. The summed E-state index contributed by atoms with van der Waals surface area (Å²) >= 11 is 0. The Bertz CT molecular complexity index is 371. The summed E-state index contributed by atoms with van der Waals surface area (Å²) in [5.41, 5.74) is 2.45. The van der Waals surface area contributed by atoms with Gasteiger partial charge in [0.2, 0.25) is 0 Å². The summed E-state index contributed by atoms with van der Waals surface area (Å²) in [6.45, 7) is 11.0. The maximum Gasteiger partial charge on any atom is 0.0826 e. The van der Waals surface area contributed by atoms with E-state index in [4.69, 9.17) is 0 Å². The highest BCUT2D eigenvalue weighted by molar-refractivity contribution is 5.24. The summed E-state index contributed by atoms with van der Waals surface area (Å²) in [4.78, 5) is 0. The maximum atomic E-state index is 10.2. The van der Waals surface area contributed by atoms with E-state index in [-0.39, 0.29) is 0 Å². The Morgan fingerprint density at radius 2 is 1.82 bits per heavy atom. The van der Waals surface area contributed by atoms with Crippen LogP contribution in [0.3, 0.4) is 0 Å². The van der Waals surface area contributed by atoms with Crippen molar-refractivity contribution in [2.45, 2.75) is 59.5 Å². The second-order valence-electron chi connectivity index (χ2n) is 6.78. The fraction of sp³-hybridized carbons (Fsp3) is 0.750. The topological polar surface area (TPSA) is 20.2 Å². The molecule has 0 fully saturated rings. The van der Waals surface area contributed by atoms with Gasteiger partial charge in [-0.1, -0.05) is 31.6 Å². The average Bonchev–Trinajstić information content (AvgIpc) is 2.47. The van der Waals surface area contributed by atoms with E-state index in [0.717, 1.165) is 18.4 Å². The molecule has 0 heterocycles. The molecule has 1 N–H and O–H groups in total. The van der Waals surface area contributed by atoms with E-state index < -0.39 is 5.60 Å². The first-order valence-corrected chi connectivity index (χ1v) is 6.83. The largest absolute Gasteiger partial charge is 0.386 e. The van der Waals surface area contributed by atoms with Gasteiger partial charge in [0, 0.05) is 0 Å². The molecule has 0 radical (unpaired) electrons. The molecule has 17 heavy (non-hydrogen) atoms. The van der Waals surface area contributed by atoms with Gasteiger partial charge in [-0.2, -0.15) is 0 Å². The Hall–Kier alpha value is -0.560. The van der Waals surface area contributed by atoms with Gasteiger partial charge in [0.25, 0.3) is 0 Å². The number of allylic oxidation sites excluding steroid dienone is 3. The van der Waals surface area contributed by atoms with Crippen LogP contribution in [0.1, 0.15) is 53.9 Å². The van der Waals surface area contributed by atoms with Crippen LogP contribution in [0, 0.1) is 17.3 Å². The lowest BCUT2D eigenvalue weighted by molar-refractivity contribution is 0.0634. The summed E-state index contributed by atoms with van der Waals surface area (Å²) in [7, 11) is 0. The highest BCUT2D eigenvalue weighted by Crippen LogP contribution is 2.50. The maximum absolute atomic E-state index is 10.2. The van der Waals surface area contributed by atoms with Crippen molar-refractivity contribution in [2.24, 2.45) is 17.3 Å². The summed E-state index contributed by atoms with van der Waals surface area (Å²) in [6.07, 6.45) is 7.98. The molecule has 0 saturated heterocycles. The summed E-state index contributed by atoms with van der Waals surface area (Å²) in [6, 6.07) is 0. The van der Waals surface area contributed by atoms with Gasteiger partial charge in [0.05, 0.1) is 5.60 Å². The van der Waals surface area contributed by atoms with Gasteiger partial charge in [0.15, 0.2) is 0 Å². The van der Waals surface area contributed by atoms with Crippen molar-refractivity contribution in [1.82, 2.24) is 0 Å². The molecule has 2 aliphatic carbocycles. The smallest absolute Gasteiger partial charge is 0.0826 e. The van der Waals surface area contributed by atoms with Crippen LogP contribution in [0.15, 0.2) is 23.3 Å². The van der Waals surface area contributed by atoms with Crippen LogP contribution < -0.4 is 0 Å². The summed E-state index contributed by atoms with van der Waals surface area (Å²) < 4.78 is 0. The van der Waals surface area contributed by atoms with Gasteiger partial charge in [0.1, 0.15) is 0 Å². The minimum Gasteiger partial charge on any atom is -0.386 e. The van der Waals surface area contributed by atoms with Crippen molar-refractivity contribution < 1.29 is 5.11 Å². The molecule has 3 unspecified atom stereocenters. The molecule has 1 nitrogen and oxygen atoms in total. The first-order valence-electron chi connectivity index (χ1n) is 6.83. The lowest BCUT2D eigenvalue weighted by Gasteiger charge is -2.40. The molecule has 0 bridgehead atoms. The minimum atomic E-state index is -0.568. The second kappa shape index (κ2) is 3.98. The number of hydrogen-bond donors (Lipinski definition) is 1. The van der Waals surface area contributed by atoms with E-state index in [1.54, 1.807) is 0 Å². The zero-order valence-corrected chi connectivity index (χ0v) is 11.9. The van der Waals surface area contributed by atoms with Crippen LogP contribution in [0.4, 0.5) is 0 Å². The molecule has 0 aromatic heterocycles. The Labute approximate surface area is 106 Å². The monoisotopic (exact) mass is 234 g/mol. The molecular weight excluding hydrogens is 208 g/mol. The SMILES string of the molecule is CC1=CC(C2CC=C(C)C2(C)C)CCC1(C)O. The normalized spacial score (nSPS) is 41.1. The van der Waals surface area contributed by atoms with Crippen molar-refractivity contribution in [1.29, 1.82) is 0 Å². The van der Waals surface area contributed by atoms with Gasteiger partial charge in [-0.15, -0.1) is 0 Å². The Morgan fingerprint density at radius 3 is 2.29 bits per heavy atom. The van der Waals surface area contributed by atoms with Crippen LogP contribution in [-0.2, 0) is 0 Å². The molecule has 3 atom stereocenters.